The van der Waals surface area contributed by atoms with Crippen LogP contribution in [-0.2, 0) is 6.54 Å². The van der Waals surface area contributed by atoms with Gasteiger partial charge in [-0.25, -0.2) is 4.98 Å². The maximum absolute atomic E-state index is 4.87. The van der Waals surface area contributed by atoms with Gasteiger partial charge in [0.1, 0.15) is 0 Å². The van der Waals surface area contributed by atoms with Crippen molar-refractivity contribution in [2.75, 3.05) is 11.4 Å². The third kappa shape index (κ3) is 3.34. The van der Waals surface area contributed by atoms with Crippen LogP contribution in [0.25, 0.3) is 0 Å². The molecule has 1 atom stereocenters. The summed E-state index contributed by atoms with van der Waals surface area (Å²) < 4.78 is 0. The molecule has 3 rings (SSSR count). The van der Waals surface area contributed by atoms with Gasteiger partial charge in [0.25, 0.3) is 0 Å². The molecular formula is C16H27N3S. The standard InChI is InChI=1S/C16H27N3S/c1-3-6-14-7-4-5-10-19(14)16-18-12(2)15(20-16)11-17-13-8-9-13/h13-14,17H,3-11H2,1-2H3. The van der Waals surface area contributed by atoms with Crippen molar-refractivity contribution in [1.82, 2.24) is 10.3 Å². The van der Waals surface area contributed by atoms with E-state index >= 15 is 0 Å². The Hall–Kier alpha value is -0.610. The van der Waals surface area contributed by atoms with Gasteiger partial charge in [-0.1, -0.05) is 13.3 Å². The first kappa shape index (κ1) is 14.3. The maximum Gasteiger partial charge on any atom is 0.186 e. The van der Waals surface area contributed by atoms with Crippen molar-refractivity contribution in [2.24, 2.45) is 0 Å². The summed E-state index contributed by atoms with van der Waals surface area (Å²) >= 11 is 1.92. The lowest BCUT2D eigenvalue weighted by molar-refractivity contribution is 0.434. The van der Waals surface area contributed by atoms with E-state index in [0.29, 0.717) is 0 Å². The summed E-state index contributed by atoms with van der Waals surface area (Å²) in [5.74, 6) is 0. The van der Waals surface area contributed by atoms with Crippen molar-refractivity contribution < 1.29 is 0 Å². The number of nitrogens with zero attached hydrogens (tertiary/aromatic N) is 2. The molecule has 0 amide bonds. The summed E-state index contributed by atoms with van der Waals surface area (Å²) in [5.41, 5.74) is 1.24. The van der Waals surface area contributed by atoms with Gasteiger partial charge in [0.15, 0.2) is 5.13 Å². The Balaban J connectivity index is 1.69. The smallest absolute Gasteiger partial charge is 0.186 e. The van der Waals surface area contributed by atoms with E-state index in [9.17, 15) is 0 Å². The van der Waals surface area contributed by atoms with E-state index in [1.807, 2.05) is 11.3 Å². The number of piperidine rings is 1. The lowest BCUT2D eigenvalue weighted by Gasteiger charge is -2.35. The molecule has 1 aromatic rings. The topological polar surface area (TPSA) is 28.2 Å². The highest BCUT2D eigenvalue weighted by Gasteiger charge is 2.26. The third-order valence-corrected chi connectivity index (χ3v) is 5.70. The lowest BCUT2D eigenvalue weighted by Crippen LogP contribution is -2.39. The predicted octanol–water partition coefficient (Wildman–Crippen LogP) is 3.86. The number of anilines is 1. The van der Waals surface area contributed by atoms with Gasteiger partial charge in [-0.3, -0.25) is 0 Å². The van der Waals surface area contributed by atoms with E-state index in [2.05, 4.69) is 24.1 Å². The molecule has 0 aromatic carbocycles. The Morgan fingerprint density at radius 3 is 2.90 bits per heavy atom. The van der Waals surface area contributed by atoms with Crippen LogP contribution in [0.2, 0.25) is 0 Å². The normalized spacial score (nSPS) is 23.3. The molecule has 1 unspecified atom stereocenters. The fourth-order valence-corrected chi connectivity index (χ4v) is 4.22. The first-order chi connectivity index (χ1) is 9.78. The lowest BCUT2D eigenvalue weighted by atomic mass is 9.99. The Labute approximate surface area is 126 Å². The molecule has 2 fully saturated rings. The van der Waals surface area contributed by atoms with Crippen LogP contribution in [0.5, 0.6) is 0 Å². The second kappa shape index (κ2) is 6.44. The van der Waals surface area contributed by atoms with E-state index in [1.165, 1.54) is 67.2 Å². The summed E-state index contributed by atoms with van der Waals surface area (Å²) in [6, 6.07) is 1.51. The number of hydrogen-bond donors (Lipinski definition) is 1. The first-order valence-electron chi connectivity index (χ1n) is 8.24. The average Bonchev–Trinajstić information content (AvgIpc) is 3.21. The van der Waals surface area contributed by atoms with Crippen LogP contribution in [0, 0.1) is 6.92 Å². The minimum atomic E-state index is 0.726. The highest BCUT2D eigenvalue weighted by atomic mass is 32.1. The average molecular weight is 293 g/mol. The number of thiazole rings is 1. The minimum Gasteiger partial charge on any atom is -0.345 e. The highest BCUT2D eigenvalue weighted by molar-refractivity contribution is 7.15. The Kier molecular flexibility index (Phi) is 4.61. The molecule has 2 heterocycles. The van der Waals surface area contributed by atoms with Crippen LogP contribution in [0.1, 0.15) is 62.4 Å². The SMILES string of the molecule is CCCC1CCCCN1c1nc(C)c(CNC2CC2)s1. The number of rotatable bonds is 6. The van der Waals surface area contributed by atoms with E-state index in [0.717, 1.165) is 18.6 Å². The zero-order valence-corrected chi connectivity index (χ0v) is 13.6. The van der Waals surface area contributed by atoms with Crippen molar-refractivity contribution >= 4 is 16.5 Å². The molecule has 0 spiro atoms. The van der Waals surface area contributed by atoms with Crippen LogP contribution in [0.15, 0.2) is 0 Å². The second-order valence-corrected chi connectivity index (χ2v) is 7.35. The Bertz CT molecular complexity index is 437. The van der Waals surface area contributed by atoms with E-state index in [4.69, 9.17) is 4.98 Å². The summed E-state index contributed by atoms with van der Waals surface area (Å²) in [4.78, 5) is 8.90. The van der Waals surface area contributed by atoms with Crippen molar-refractivity contribution in [3.05, 3.63) is 10.6 Å². The summed E-state index contributed by atoms with van der Waals surface area (Å²) in [5, 5.41) is 4.89. The maximum atomic E-state index is 4.87. The first-order valence-corrected chi connectivity index (χ1v) is 9.06. The van der Waals surface area contributed by atoms with Crippen molar-refractivity contribution in [1.29, 1.82) is 0 Å². The Morgan fingerprint density at radius 1 is 1.30 bits per heavy atom. The summed E-state index contributed by atoms with van der Waals surface area (Å²) in [7, 11) is 0. The predicted molar refractivity (Wildman–Crippen MR) is 86.6 cm³/mol. The molecule has 20 heavy (non-hydrogen) atoms. The van der Waals surface area contributed by atoms with Crippen LogP contribution in [0.3, 0.4) is 0 Å². The fraction of sp³-hybridized carbons (Fsp3) is 0.812. The van der Waals surface area contributed by atoms with Gasteiger partial charge in [-0.15, -0.1) is 11.3 Å². The molecule has 1 N–H and O–H groups in total. The second-order valence-electron chi connectivity index (χ2n) is 6.29. The molecule has 0 radical (unpaired) electrons. The number of aromatic nitrogens is 1. The Morgan fingerprint density at radius 2 is 2.15 bits per heavy atom. The molecule has 1 aliphatic heterocycles. The van der Waals surface area contributed by atoms with Gasteiger partial charge in [-0.05, 0) is 45.4 Å². The molecule has 1 saturated heterocycles. The molecule has 0 bridgehead atoms. The highest BCUT2D eigenvalue weighted by Crippen LogP contribution is 2.33. The minimum absolute atomic E-state index is 0.726. The van der Waals surface area contributed by atoms with E-state index in [1.54, 1.807) is 0 Å². The number of hydrogen-bond acceptors (Lipinski definition) is 4. The van der Waals surface area contributed by atoms with E-state index < -0.39 is 0 Å². The largest absolute Gasteiger partial charge is 0.345 e. The van der Waals surface area contributed by atoms with Crippen molar-refractivity contribution in [3.63, 3.8) is 0 Å². The van der Waals surface area contributed by atoms with Gasteiger partial charge in [0, 0.05) is 30.1 Å². The van der Waals surface area contributed by atoms with Gasteiger partial charge >= 0.3 is 0 Å². The molecule has 1 aromatic heterocycles. The third-order valence-electron chi connectivity index (χ3n) is 4.50. The number of nitrogens with one attached hydrogen (secondary N) is 1. The monoisotopic (exact) mass is 293 g/mol. The zero-order valence-electron chi connectivity index (χ0n) is 12.8. The number of aryl methyl sites for hydroxylation is 1. The van der Waals surface area contributed by atoms with Crippen LogP contribution in [0.4, 0.5) is 5.13 Å². The molecule has 3 nitrogen and oxygen atoms in total. The van der Waals surface area contributed by atoms with Gasteiger partial charge in [0.05, 0.1) is 5.69 Å². The van der Waals surface area contributed by atoms with Crippen molar-refractivity contribution in [3.8, 4) is 0 Å². The van der Waals surface area contributed by atoms with Gasteiger partial charge in [0.2, 0.25) is 0 Å². The van der Waals surface area contributed by atoms with Gasteiger partial charge in [-0.2, -0.15) is 0 Å². The fourth-order valence-electron chi connectivity index (χ4n) is 3.11. The summed E-state index contributed by atoms with van der Waals surface area (Å²) in [6.07, 6.45) is 9.37. The van der Waals surface area contributed by atoms with E-state index in [-0.39, 0.29) is 0 Å². The van der Waals surface area contributed by atoms with Gasteiger partial charge < -0.3 is 10.2 Å². The van der Waals surface area contributed by atoms with Crippen LogP contribution < -0.4 is 10.2 Å². The quantitative estimate of drug-likeness (QED) is 0.863. The van der Waals surface area contributed by atoms with Crippen LogP contribution >= 0.6 is 11.3 Å². The molecule has 2 aliphatic rings. The molecule has 1 aliphatic carbocycles. The van der Waals surface area contributed by atoms with Crippen molar-refractivity contribution in [2.45, 2.75) is 77.4 Å². The molecular weight excluding hydrogens is 266 g/mol. The molecule has 1 saturated carbocycles. The molecule has 112 valence electrons. The molecule has 4 heteroatoms. The summed E-state index contributed by atoms with van der Waals surface area (Å²) in [6.45, 7) is 6.68. The zero-order chi connectivity index (χ0) is 13.9. The van der Waals surface area contributed by atoms with Crippen LogP contribution in [-0.4, -0.2) is 23.6 Å².